The molecule has 1 spiro atoms. The van der Waals surface area contributed by atoms with E-state index in [0.717, 1.165) is 6.54 Å². The first kappa shape index (κ1) is 4.36. The molecule has 1 saturated carbocycles. The summed E-state index contributed by atoms with van der Waals surface area (Å²) in [5.74, 6) is 0. The number of hydrogen-bond donors (Lipinski definition) is 1. The largest absolute Gasteiger partial charge is 0.369 e. The van der Waals surface area contributed by atoms with Crippen molar-refractivity contribution in [1.29, 1.82) is 0 Å². The Hall–Kier alpha value is -0.530. The summed E-state index contributed by atoms with van der Waals surface area (Å²) in [6.07, 6.45) is 5.88. The lowest BCUT2D eigenvalue weighted by atomic mass is 9.78. The van der Waals surface area contributed by atoms with E-state index < -0.39 is 0 Å². The van der Waals surface area contributed by atoms with E-state index in [0.29, 0.717) is 5.54 Å². The maximum Gasteiger partial charge on any atom is 0.0829 e. The van der Waals surface area contributed by atoms with Crippen molar-refractivity contribution in [1.82, 2.24) is 5.32 Å². The predicted molar refractivity (Wildman–Crippen MR) is 33.1 cm³/mol. The van der Waals surface area contributed by atoms with Crippen molar-refractivity contribution in [3.05, 3.63) is 0 Å². The molecule has 2 rings (SSSR count). The van der Waals surface area contributed by atoms with Gasteiger partial charge < -0.3 is 5.32 Å². The van der Waals surface area contributed by atoms with Gasteiger partial charge in [0.25, 0.3) is 0 Å². The molecule has 0 aromatic carbocycles. The van der Waals surface area contributed by atoms with Crippen molar-refractivity contribution in [2.75, 3.05) is 6.54 Å². The predicted octanol–water partition coefficient (Wildman–Crippen LogP) is 0.541. The molecule has 1 aliphatic carbocycles. The van der Waals surface area contributed by atoms with E-state index in [9.17, 15) is 0 Å². The molecule has 1 N–H and O–H groups in total. The number of rotatable bonds is 0. The van der Waals surface area contributed by atoms with Crippen LogP contribution in [0.4, 0.5) is 0 Å². The quantitative estimate of drug-likeness (QED) is 0.483. The molecule has 0 atom stereocenters. The number of nitrogens with one attached hydrogen (secondary N) is 1. The summed E-state index contributed by atoms with van der Waals surface area (Å²) in [6, 6.07) is 0. The fraction of sp³-hybridized carbons (Fsp3) is 0.833. The van der Waals surface area contributed by atoms with Gasteiger partial charge in [-0.1, -0.05) is 0 Å². The van der Waals surface area contributed by atoms with E-state index >= 15 is 0 Å². The van der Waals surface area contributed by atoms with Gasteiger partial charge in [0.05, 0.1) is 18.4 Å². The van der Waals surface area contributed by atoms with Crippen LogP contribution in [-0.4, -0.2) is 18.4 Å². The van der Waals surface area contributed by atoms with Crippen molar-refractivity contribution < 1.29 is 0 Å². The summed E-state index contributed by atoms with van der Waals surface area (Å²) in [5, 5.41) is 3.28. The Morgan fingerprint density at radius 3 is 2.62 bits per heavy atom. The molecule has 2 aliphatic rings. The molecule has 8 heavy (non-hydrogen) atoms. The lowest BCUT2D eigenvalue weighted by Gasteiger charge is -2.37. The summed E-state index contributed by atoms with van der Waals surface area (Å²) in [6.45, 7) is 1.02. The van der Waals surface area contributed by atoms with E-state index in [1.165, 1.54) is 19.3 Å². The third-order valence-corrected chi connectivity index (χ3v) is 2.17. The highest BCUT2D eigenvalue weighted by molar-refractivity contribution is 5.59. The molecule has 44 valence electrons. The molecule has 0 amide bonds. The zero-order valence-corrected chi connectivity index (χ0v) is 4.85. The first-order chi connectivity index (χ1) is 3.91. The topological polar surface area (TPSA) is 24.4 Å². The molecule has 0 aromatic rings. The van der Waals surface area contributed by atoms with Crippen LogP contribution in [0.3, 0.4) is 0 Å². The minimum absolute atomic E-state index is 0.444. The third-order valence-electron chi connectivity index (χ3n) is 2.17. The van der Waals surface area contributed by atoms with E-state index in [2.05, 4.69) is 10.3 Å². The Bertz CT molecular complexity index is 114. The number of hydrogen-bond acceptors (Lipinski definition) is 2. The minimum Gasteiger partial charge on any atom is -0.369 e. The molecular weight excluding hydrogens is 100 g/mol. The number of nitrogens with zero attached hydrogens (tertiary/aromatic N) is 1. The Balaban J connectivity index is 2.06. The van der Waals surface area contributed by atoms with Crippen LogP contribution >= 0.6 is 0 Å². The van der Waals surface area contributed by atoms with Crippen molar-refractivity contribution in [3.63, 3.8) is 0 Å². The highest BCUT2D eigenvalue weighted by atomic mass is 15.1. The molecule has 0 saturated heterocycles. The Labute approximate surface area is 49.0 Å². The van der Waals surface area contributed by atoms with Gasteiger partial charge in [0, 0.05) is 0 Å². The van der Waals surface area contributed by atoms with Gasteiger partial charge in [-0.05, 0) is 19.3 Å². The molecule has 2 heteroatoms. The highest BCUT2D eigenvalue weighted by Crippen LogP contribution is 2.32. The second-order valence-corrected chi connectivity index (χ2v) is 2.75. The summed E-state index contributed by atoms with van der Waals surface area (Å²) in [7, 11) is 0. The Morgan fingerprint density at radius 2 is 2.38 bits per heavy atom. The molecule has 0 unspecified atom stereocenters. The molecule has 0 radical (unpaired) electrons. The molecule has 1 heterocycles. The molecule has 0 bridgehead atoms. The molecule has 2 nitrogen and oxygen atoms in total. The normalized spacial score (nSPS) is 30.0. The zero-order valence-electron chi connectivity index (χ0n) is 4.85. The Kier molecular flexibility index (Phi) is 0.678. The fourth-order valence-corrected chi connectivity index (χ4v) is 1.35. The minimum atomic E-state index is 0.444. The number of aliphatic imine (C=N–C) groups is 1. The first-order valence-corrected chi connectivity index (χ1v) is 3.17. The molecule has 1 fully saturated rings. The van der Waals surface area contributed by atoms with Crippen LogP contribution in [0, 0.1) is 0 Å². The first-order valence-electron chi connectivity index (χ1n) is 3.17. The average Bonchev–Trinajstić information content (AvgIpc) is 2.07. The third kappa shape index (κ3) is 0.403. The lowest BCUT2D eigenvalue weighted by Crippen LogP contribution is -2.49. The van der Waals surface area contributed by atoms with Crippen LogP contribution in [0.5, 0.6) is 0 Å². The summed E-state index contributed by atoms with van der Waals surface area (Å²) < 4.78 is 0. The molecular formula is C6H10N2. The van der Waals surface area contributed by atoms with Gasteiger partial charge in [-0.2, -0.15) is 0 Å². The van der Waals surface area contributed by atoms with Gasteiger partial charge in [0.1, 0.15) is 0 Å². The second kappa shape index (κ2) is 1.24. The van der Waals surface area contributed by atoms with Crippen LogP contribution in [-0.2, 0) is 0 Å². The highest BCUT2D eigenvalue weighted by Gasteiger charge is 2.37. The van der Waals surface area contributed by atoms with Gasteiger partial charge >= 0.3 is 0 Å². The zero-order chi connectivity index (χ0) is 5.45. The van der Waals surface area contributed by atoms with Crippen molar-refractivity contribution in [2.24, 2.45) is 4.99 Å². The molecule has 1 aliphatic heterocycles. The maximum atomic E-state index is 4.12. The maximum absolute atomic E-state index is 4.12. The van der Waals surface area contributed by atoms with Gasteiger partial charge in [0.2, 0.25) is 0 Å². The van der Waals surface area contributed by atoms with Gasteiger partial charge in [0.15, 0.2) is 0 Å². The summed E-state index contributed by atoms with van der Waals surface area (Å²) >= 11 is 0. The molecule has 0 aromatic heterocycles. The van der Waals surface area contributed by atoms with E-state index in [1.54, 1.807) is 0 Å². The van der Waals surface area contributed by atoms with Gasteiger partial charge in [-0.25, -0.2) is 0 Å². The average molecular weight is 110 g/mol. The Morgan fingerprint density at radius 1 is 1.50 bits per heavy atom. The summed E-state index contributed by atoms with van der Waals surface area (Å²) in [5.41, 5.74) is 0.444. The van der Waals surface area contributed by atoms with Gasteiger partial charge in [-0.3, -0.25) is 4.99 Å². The smallest absolute Gasteiger partial charge is 0.0829 e. The van der Waals surface area contributed by atoms with Crippen LogP contribution in [0.15, 0.2) is 4.99 Å². The van der Waals surface area contributed by atoms with Crippen LogP contribution in [0.1, 0.15) is 19.3 Å². The van der Waals surface area contributed by atoms with Crippen LogP contribution in [0.2, 0.25) is 0 Å². The van der Waals surface area contributed by atoms with Crippen LogP contribution < -0.4 is 5.32 Å². The fourth-order valence-electron chi connectivity index (χ4n) is 1.35. The monoisotopic (exact) mass is 110 g/mol. The van der Waals surface area contributed by atoms with Crippen LogP contribution in [0.25, 0.3) is 0 Å². The lowest BCUT2D eigenvalue weighted by molar-refractivity contribution is 0.243. The van der Waals surface area contributed by atoms with Crippen molar-refractivity contribution in [3.8, 4) is 0 Å². The SMILES string of the molecule is C1=NCC2(CCC2)N1. The van der Waals surface area contributed by atoms with E-state index in [4.69, 9.17) is 0 Å². The van der Waals surface area contributed by atoms with Crippen molar-refractivity contribution in [2.45, 2.75) is 24.8 Å². The van der Waals surface area contributed by atoms with Gasteiger partial charge in [-0.15, -0.1) is 0 Å². The summed E-state index contributed by atoms with van der Waals surface area (Å²) in [4.78, 5) is 4.12. The van der Waals surface area contributed by atoms with E-state index in [-0.39, 0.29) is 0 Å². The van der Waals surface area contributed by atoms with Crippen molar-refractivity contribution >= 4 is 6.34 Å². The second-order valence-electron chi connectivity index (χ2n) is 2.75. The standard InChI is InChI=1S/C6H10N2/c1-2-6(3-1)4-7-5-8-6/h5H,1-4H2,(H,7,8). The van der Waals surface area contributed by atoms with E-state index in [1.807, 2.05) is 6.34 Å².